The van der Waals surface area contributed by atoms with Crippen LogP contribution in [0.25, 0.3) is 0 Å². The average molecular weight is 236 g/mol. The lowest BCUT2D eigenvalue weighted by Crippen LogP contribution is -2.46. The van der Waals surface area contributed by atoms with E-state index in [0.717, 1.165) is 0 Å². The lowest BCUT2D eigenvalue weighted by molar-refractivity contribution is 0.242. The van der Waals surface area contributed by atoms with Crippen LogP contribution in [0.3, 0.4) is 0 Å². The highest BCUT2D eigenvalue weighted by Gasteiger charge is 2.20. The molecule has 0 bridgehead atoms. The van der Waals surface area contributed by atoms with Gasteiger partial charge in [-0.1, -0.05) is 0 Å². The molecule has 17 heavy (non-hydrogen) atoms. The number of rotatable bonds is 3. The number of carbonyl (C=O) groups excluding carboxylic acids is 1. The van der Waals surface area contributed by atoms with Gasteiger partial charge in [-0.25, -0.2) is 9.78 Å². The number of hydrogen-bond donors (Lipinski definition) is 2. The van der Waals surface area contributed by atoms with Gasteiger partial charge in [0.05, 0.1) is 11.9 Å². The van der Waals surface area contributed by atoms with Crippen LogP contribution in [-0.2, 0) is 0 Å². The van der Waals surface area contributed by atoms with Crippen molar-refractivity contribution >= 4 is 17.5 Å². The minimum atomic E-state index is -0.146. The number of nitrogen functional groups attached to an aromatic ring is 1. The van der Waals surface area contributed by atoms with Crippen molar-refractivity contribution in [3.63, 3.8) is 0 Å². The smallest absolute Gasteiger partial charge is 0.323 e. The van der Waals surface area contributed by atoms with E-state index in [4.69, 9.17) is 5.73 Å². The van der Waals surface area contributed by atoms with E-state index in [2.05, 4.69) is 10.3 Å². The molecule has 2 amide bonds. The van der Waals surface area contributed by atoms with Gasteiger partial charge < -0.3 is 11.1 Å². The molecule has 0 saturated carbocycles. The van der Waals surface area contributed by atoms with Gasteiger partial charge in [0.2, 0.25) is 0 Å². The molecule has 1 rings (SSSR count). The van der Waals surface area contributed by atoms with Crippen LogP contribution in [0.2, 0.25) is 0 Å². The molecule has 0 aliphatic rings. The number of amides is 2. The second-order valence-electron chi connectivity index (χ2n) is 4.52. The maximum absolute atomic E-state index is 12.0. The zero-order valence-electron chi connectivity index (χ0n) is 10.8. The Morgan fingerprint density at radius 1 is 1.35 bits per heavy atom. The number of nitrogens with zero attached hydrogens (tertiary/aromatic N) is 2. The number of carbonyl (C=O) groups is 1. The highest BCUT2D eigenvalue weighted by molar-refractivity contribution is 5.91. The molecule has 0 spiro atoms. The summed E-state index contributed by atoms with van der Waals surface area (Å²) in [5.41, 5.74) is 6.16. The van der Waals surface area contributed by atoms with Gasteiger partial charge in [-0.2, -0.15) is 0 Å². The van der Waals surface area contributed by atoms with Gasteiger partial charge in [0.15, 0.2) is 0 Å². The van der Waals surface area contributed by atoms with Crippen molar-refractivity contribution in [3.8, 4) is 0 Å². The summed E-state index contributed by atoms with van der Waals surface area (Å²) in [5, 5.41) is 2.85. The molecule has 1 aromatic heterocycles. The summed E-state index contributed by atoms with van der Waals surface area (Å²) in [5.74, 6) is 0.604. The van der Waals surface area contributed by atoms with Crippen LogP contribution >= 0.6 is 0 Å². The minimum absolute atomic E-state index is 0.0323. The highest BCUT2D eigenvalue weighted by atomic mass is 16.2. The molecule has 3 N–H and O–H groups in total. The second-order valence-corrected chi connectivity index (χ2v) is 4.52. The normalized spacial score (nSPS) is 10.7. The summed E-state index contributed by atoms with van der Waals surface area (Å²) in [6, 6.07) is 3.46. The fourth-order valence-corrected chi connectivity index (χ4v) is 1.46. The molecule has 5 heteroatoms. The van der Waals surface area contributed by atoms with Crippen LogP contribution in [0.15, 0.2) is 18.3 Å². The third-order valence-corrected chi connectivity index (χ3v) is 2.16. The number of urea groups is 1. The molecule has 0 radical (unpaired) electrons. The van der Waals surface area contributed by atoms with Crippen molar-refractivity contribution < 1.29 is 4.79 Å². The maximum Gasteiger partial charge on any atom is 0.323 e. The number of anilines is 2. The Labute approximate surface area is 102 Å². The van der Waals surface area contributed by atoms with Crippen LogP contribution in [0.4, 0.5) is 16.3 Å². The molecular formula is C12H20N4O. The van der Waals surface area contributed by atoms with Crippen molar-refractivity contribution in [2.45, 2.75) is 39.8 Å². The lowest BCUT2D eigenvalue weighted by Gasteiger charge is -2.27. The monoisotopic (exact) mass is 236 g/mol. The van der Waals surface area contributed by atoms with E-state index < -0.39 is 0 Å². The van der Waals surface area contributed by atoms with Crippen molar-refractivity contribution in [2.24, 2.45) is 0 Å². The van der Waals surface area contributed by atoms with Crippen LogP contribution in [-0.4, -0.2) is 23.1 Å². The molecule has 1 heterocycles. The quantitative estimate of drug-likeness (QED) is 0.843. The van der Waals surface area contributed by atoms with Gasteiger partial charge >= 0.3 is 6.03 Å². The summed E-state index contributed by atoms with van der Waals surface area (Å²) in [4.78, 5) is 17.8. The predicted octanol–water partition coefficient (Wildman–Crippen LogP) is 2.00. The standard InChI is InChI=1S/C12H20N4O/c1-8(2)15-12(17)16(9(3)4)11-6-5-10(13)7-14-11/h5-9H,13H2,1-4H3,(H,15,17). The summed E-state index contributed by atoms with van der Waals surface area (Å²) in [6.07, 6.45) is 1.55. The maximum atomic E-state index is 12.0. The molecule has 0 fully saturated rings. The van der Waals surface area contributed by atoms with Crippen molar-refractivity contribution in [1.29, 1.82) is 0 Å². The SMILES string of the molecule is CC(C)NC(=O)N(c1ccc(N)cn1)C(C)C. The minimum Gasteiger partial charge on any atom is -0.397 e. The Morgan fingerprint density at radius 3 is 2.41 bits per heavy atom. The van der Waals surface area contributed by atoms with Gasteiger partial charge in [-0.3, -0.25) is 4.90 Å². The Morgan fingerprint density at radius 2 is 2.00 bits per heavy atom. The summed E-state index contributed by atoms with van der Waals surface area (Å²) in [7, 11) is 0. The van der Waals surface area contributed by atoms with E-state index in [-0.39, 0.29) is 18.1 Å². The Kier molecular flexibility index (Phi) is 4.31. The van der Waals surface area contributed by atoms with Crippen LogP contribution in [0.1, 0.15) is 27.7 Å². The first kappa shape index (κ1) is 13.3. The molecule has 94 valence electrons. The predicted molar refractivity (Wildman–Crippen MR) is 69.9 cm³/mol. The van der Waals surface area contributed by atoms with Crippen LogP contribution in [0.5, 0.6) is 0 Å². The van der Waals surface area contributed by atoms with E-state index in [9.17, 15) is 4.79 Å². The lowest BCUT2D eigenvalue weighted by atomic mass is 10.3. The van der Waals surface area contributed by atoms with Gasteiger partial charge in [0.25, 0.3) is 0 Å². The summed E-state index contributed by atoms with van der Waals surface area (Å²) < 4.78 is 0. The van der Waals surface area contributed by atoms with Gasteiger partial charge in [0, 0.05) is 12.1 Å². The average Bonchev–Trinajstić information content (AvgIpc) is 2.19. The topological polar surface area (TPSA) is 71.2 Å². The number of hydrogen-bond acceptors (Lipinski definition) is 3. The highest BCUT2D eigenvalue weighted by Crippen LogP contribution is 2.15. The first-order chi connectivity index (χ1) is 7.91. The number of pyridine rings is 1. The third-order valence-electron chi connectivity index (χ3n) is 2.16. The van der Waals surface area contributed by atoms with Gasteiger partial charge in [0.1, 0.15) is 5.82 Å². The van der Waals surface area contributed by atoms with E-state index in [1.54, 1.807) is 23.2 Å². The Balaban J connectivity index is 2.93. The van der Waals surface area contributed by atoms with E-state index in [1.807, 2.05) is 27.7 Å². The van der Waals surface area contributed by atoms with E-state index >= 15 is 0 Å². The summed E-state index contributed by atoms with van der Waals surface area (Å²) >= 11 is 0. The first-order valence-electron chi connectivity index (χ1n) is 5.73. The number of aromatic nitrogens is 1. The number of nitrogens with one attached hydrogen (secondary N) is 1. The van der Waals surface area contributed by atoms with Crippen LogP contribution < -0.4 is 16.0 Å². The molecule has 0 aliphatic heterocycles. The zero-order valence-corrected chi connectivity index (χ0v) is 10.8. The summed E-state index contributed by atoms with van der Waals surface area (Å²) in [6.45, 7) is 7.73. The second kappa shape index (κ2) is 5.52. The Bertz CT molecular complexity index is 373. The molecule has 1 aromatic rings. The van der Waals surface area contributed by atoms with Crippen LogP contribution in [0, 0.1) is 0 Å². The first-order valence-corrected chi connectivity index (χ1v) is 5.73. The van der Waals surface area contributed by atoms with Crippen molar-refractivity contribution in [3.05, 3.63) is 18.3 Å². The third kappa shape index (κ3) is 3.62. The van der Waals surface area contributed by atoms with Crippen molar-refractivity contribution in [1.82, 2.24) is 10.3 Å². The molecule has 0 aliphatic carbocycles. The molecule has 0 unspecified atom stereocenters. The van der Waals surface area contributed by atoms with E-state index in [0.29, 0.717) is 11.5 Å². The molecule has 0 saturated heterocycles. The molecular weight excluding hydrogens is 216 g/mol. The zero-order chi connectivity index (χ0) is 13.0. The molecule has 0 aromatic carbocycles. The molecule has 5 nitrogen and oxygen atoms in total. The van der Waals surface area contributed by atoms with E-state index in [1.165, 1.54) is 0 Å². The number of nitrogens with two attached hydrogens (primary N) is 1. The van der Waals surface area contributed by atoms with Crippen molar-refractivity contribution in [2.75, 3.05) is 10.6 Å². The van der Waals surface area contributed by atoms with Gasteiger partial charge in [-0.05, 0) is 39.8 Å². The van der Waals surface area contributed by atoms with Gasteiger partial charge in [-0.15, -0.1) is 0 Å². The largest absolute Gasteiger partial charge is 0.397 e. The Hall–Kier alpha value is -1.78. The fourth-order valence-electron chi connectivity index (χ4n) is 1.46. The fraction of sp³-hybridized carbons (Fsp3) is 0.500. The molecule has 0 atom stereocenters.